The first kappa shape index (κ1) is 12.8. The van der Waals surface area contributed by atoms with Gasteiger partial charge in [-0.3, -0.25) is 0 Å². The Bertz CT molecular complexity index is 450. The van der Waals surface area contributed by atoms with Crippen molar-refractivity contribution >= 4 is 11.7 Å². The standard InChI is InChI=1S/C13H16FNO3/c1-9-8-15(5-2-6-18-9)10-3-4-11(13(16)17)12(14)7-10/h3-4,7,9H,2,5-6,8H2,1H3,(H,16,17). The van der Waals surface area contributed by atoms with E-state index in [0.717, 1.165) is 13.0 Å². The molecule has 1 unspecified atom stereocenters. The summed E-state index contributed by atoms with van der Waals surface area (Å²) in [5.41, 5.74) is 0.410. The zero-order valence-corrected chi connectivity index (χ0v) is 10.2. The number of nitrogens with zero attached hydrogens (tertiary/aromatic N) is 1. The molecular formula is C13H16FNO3. The van der Waals surface area contributed by atoms with E-state index < -0.39 is 11.8 Å². The molecule has 1 heterocycles. The second kappa shape index (κ2) is 5.35. The lowest BCUT2D eigenvalue weighted by atomic mass is 10.1. The van der Waals surface area contributed by atoms with E-state index in [1.807, 2.05) is 11.8 Å². The number of hydrogen-bond acceptors (Lipinski definition) is 3. The largest absolute Gasteiger partial charge is 0.478 e. The molecule has 2 rings (SSSR count). The molecule has 0 aliphatic carbocycles. The molecule has 1 aliphatic heterocycles. The molecule has 1 fully saturated rings. The van der Waals surface area contributed by atoms with Gasteiger partial charge in [0, 0.05) is 25.4 Å². The van der Waals surface area contributed by atoms with Crippen LogP contribution in [0.2, 0.25) is 0 Å². The van der Waals surface area contributed by atoms with Crippen molar-refractivity contribution in [2.24, 2.45) is 0 Å². The predicted octanol–water partition coefficient (Wildman–Crippen LogP) is 2.14. The zero-order valence-electron chi connectivity index (χ0n) is 10.2. The summed E-state index contributed by atoms with van der Waals surface area (Å²) >= 11 is 0. The SMILES string of the molecule is CC1CN(c2ccc(C(=O)O)c(F)c2)CCCO1. The summed E-state index contributed by atoms with van der Waals surface area (Å²) in [5, 5.41) is 8.78. The van der Waals surface area contributed by atoms with Crippen LogP contribution in [0.1, 0.15) is 23.7 Å². The molecule has 0 radical (unpaired) electrons. The van der Waals surface area contributed by atoms with Gasteiger partial charge in [0.05, 0.1) is 11.7 Å². The number of hydrogen-bond donors (Lipinski definition) is 1. The Hall–Kier alpha value is -1.62. The highest BCUT2D eigenvalue weighted by Gasteiger charge is 2.17. The van der Waals surface area contributed by atoms with Crippen LogP contribution in [0.3, 0.4) is 0 Å². The van der Waals surface area contributed by atoms with Crippen LogP contribution in [-0.4, -0.2) is 36.9 Å². The van der Waals surface area contributed by atoms with Crippen LogP contribution < -0.4 is 4.90 Å². The normalized spacial score (nSPS) is 20.6. The fourth-order valence-electron chi connectivity index (χ4n) is 2.10. The number of carboxylic acids is 1. The van der Waals surface area contributed by atoms with E-state index in [-0.39, 0.29) is 11.7 Å². The molecule has 0 aromatic heterocycles. The first-order valence-corrected chi connectivity index (χ1v) is 5.97. The van der Waals surface area contributed by atoms with Gasteiger partial charge in [-0.2, -0.15) is 0 Å². The summed E-state index contributed by atoms with van der Waals surface area (Å²) < 4.78 is 19.1. The topological polar surface area (TPSA) is 49.8 Å². The third-order valence-corrected chi connectivity index (χ3v) is 3.00. The van der Waals surface area contributed by atoms with E-state index in [1.54, 1.807) is 6.07 Å². The Kier molecular flexibility index (Phi) is 3.81. The van der Waals surface area contributed by atoms with E-state index >= 15 is 0 Å². The highest BCUT2D eigenvalue weighted by atomic mass is 19.1. The van der Waals surface area contributed by atoms with Gasteiger partial charge in [-0.15, -0.1) is 0 Å². The van der Waals surface area contributed by atoms with Gasteiger partial charge in [0.15, 0.2) is 0 Å². The Morgan fingerprint density at radius 2 is 2.33 bits per heavy atom. The molecular weight excluding hydrogens is 237 g/mol. The van der Waals surface area contributed by atoms with Gasteiger partial charge in [0.1, 0.15) is 5.82 Å². The Morgan fingerprint density at radius 1 is 1.56 bits per heavy atom. The predicted molar refractivity (Wildman–Crippen MR) is 65.6 cm³/mol. The van der Waals surface area contributed by atoms with Gasteiger partial charge in [0.2, 0.25) is 0 Å². The summed E-state index contributed by atoms with van der Waals surface area (Å²) in [6.45, 7) is 4.15. The van der Waals surface area contributed by atoms with Crippen LogP contribution in [0.25, 0.3) is 0 Å². The van der Waals surface area contributed by atoms with E-state index in [2.05, 4.69) is 0 Å². The molecule has 0 bridgehead atoms. The number of halogens is 1. The summed E-state index contributed by atoms with van der Waals surface area (Å²) in [4.78, 5) is 12.8. The minimum absolute atomic E-state index is 0.0923. The summed E-state index contributed by atoms with van der Waals surface area (Å²) in [6, 6.07) is 4.23. The quantitative estimate of drug-likeness (QED) is 0.877. The van der Waals surface area contributed by atoms with Crippen LogP contribution >= 0.6 is 0 Å². The molecule has 0 spiro atoms. The molecule has 1 aromatic carbocycles. The van der Waals surface area contributed by atoms with E-state index in [0.29, 0.717) is 18.8 Å². The number of carbonyl (C=O) groups is 1. The summed E-state index contributed by atoms with van der Waals surface area (Å²) in [5.74, 6) is -1.94. The van der Waals surface area contributed by atoms with Crippen LogP contribution in [0.15, 0.2) is 18.2 Å². The maximum absolute atomic E-state index is 13.6. The second-order valence-electron chi connectivity index (χ2n) is 4.45. The van der Waals surface area contributed by atoms with Crippen molar-refractivity contribution in [3.63, 3.8) is 0 Å². The van der Waals surface area contributed by atoms with Gasteiger partial charge in [-0.25, -0.2) is 9.18 Å². The van der Waals surface area contributed by atoms with Gasteiger partial charge in [-0.1, -0.05) is 0 Å². The maximum Gasteiger partial charge on any atom is 0.338 e. The lowest BCUT2D eigenvalue weighted by Gasteiger charge is -2.24. The molecule has 1 atom stereocenters. The van der Waals surface area contributed by atoms with Crippen molar-refractivity contribution in [1.82, 2.24) is 0 Å². The van der Waals surface area contributed by atoms with Crippen molar-refractivity contribution in [3.05, 3.63) is 29.6 Å². The molecule has 1 N–H and O–H groups in total. The molecule has 1 aliphatic rings. The number of rotatable bonds is 2. The van der Waals surface area contributed by atoms with Crippen molar-refractivity contribution in [2.45, 2.75) is 19.4 Å². The van der Waals surface area contributed by atoms with E-state index in [1.165, 1.54) is 12.1 Å². The fraction of sp³-hybridized carbons (Fsp3) is 0.462. The van der Waals surface area contributed by atoms with Crippen LogP contribution in [0.5, 0.6) is 0 Å². The molecule has 0 amide bonds. The van der Waals surface area contributed by atoms with Crippen LogP contribution in [0, 0.1) is 5.82 Å². The van der Waals surface area contributed by atoms with Crippen molar-refractivity contribution in [2.75, 3.05) is 24.6 Å². The van der Waals surface area contributed by atoms with Gasteiger partial charge < -0.3 is 14.7 Å². The smallest absolute Gasteiger partial charge is 0.338 e. The lowest BCUT2D eigenvalue weighted by Crippen LogP contribution is -2.30. The molecule has 98 valence electrons. The summed E-state index contributed by atoms with van der Waals surface area (Å²) in [7, 11) is 0. The average Bonchev–Trinajstić information content (AvgIpc) is 2.53. The van der Waals surface area contributed by atoms with Crippen molar-refractivity contribution in [3.8, 4) is 0 Å². The zero-order chi connectivity index (χ0) is 13.1. The third-order valence-electron chi connectivity index (χ3n) is 3.00. The maximum atomic E-state index is 13.6. The highest BCUT2D eigenvalue weighted by molar-refractivity contribution is 5.88. The minimum Gasteiger partial charge on any atom is -0.478 e. The van der Waals surface area contributed by atoms with Crippen molar-refractivity contribution in [1.29, 1.82) is 0 Å². The van der Waals surface area contributed by atoms with E-state index in [9.17, 15) is 9.18 Å². The number of aromatic carboxylic acids is 1. The fourth-order valence-corrected chi connectivity index (χ4v) is 2.10. The number of ether oxygens (including phenoxy) is 1. The second-order valence-corrected chi connectivity index (χ2v) is 4.45. The highest BCUT2D eigenvalue weighted by Crippen LogP contribution is 2.21. The first-order valence-electron chi connectivity index (χ1n) is 5.97. The Morgan fingerprint density at radius 3 is 3.00 bits per heavy atom. The van der Waals surface area contributed by atoms with Gasteiger partial charge >= 0.3 is 5.97 Å². The molecule has 0 saturated carbocycles. The third kappa shape index (κ3) is 2.79. The van der Waals surface area contributed by atoms with E-state index in [4.69, 9.17) is 9.84 Å². The molecule has 1 aromatic rings. The number of carboxylic acid groups (broad SMARTS) is 1. The van der Waals surface area contributed by atoms with Gasteiger partial charge in [0.25, 0.3) is 0 Å². The Labute approximate surface area is 105 Å². The summed E-state index contributed by atoms with van der Waals surface area (Å²) in [6.07, 6.45) is 0.974. The monoisotopic (exact) mass is 253 g/mol. The Balaban J connectivity index is 2.22. The minimum atomic E-state index is -1.24. The van der Waals surface area contributed by atoms with Crippen LogP contribution in [-0.2, 0) is 4.74 Å². The van der Waals surface area contributed by atoms with Gasteiger partial charge in [-0.05, 0) is 31.5 Å². The number of benzene rings is 1. The van der Waals surface area contributed by atoms with Crippen molar-refractivity contribution < 1.29 is 19.0 Å². The average molecular weight is 253 g/mol. The molecule has 1 saturated heterocycles. The number of anilines is 1. The first-order chi connectivity index (χ1) is 8.58. The lowest BCUT2D eigenvalue weighted by molar-refractivity contribution is 0.0691. The molecule has 18 heavy (non-hydrogen) atoms. The molecule has 4 nitrogen and oxygen atoms in total. The van der Waals surface area contributed by atoms with Crippen LogP contribution in [0.4, 0.5) is 10.1 Å². The molecule has 5 heteroatoms.